The van der Waals surface area contributed by atoms with Gasteiger partial charge < -0.3 is 24.3 Å². The van der Waals surface area contributed by atoms with Gasteiger partial charge in [-0.3, -0.25) is 13.9 Å². The molecule has 2 aromatic heterocycles. The monoisotopic (exact) mass is 477 g/mol. The molecule has 3 heterocycles. The zero-order chi connectivity index (χ0) is 25.2. The summed E-state index contributed by atoms with van der Waals surface area (Å²) in [6.45, 7) is 4.33. The first-order chi connectivity index (χ1) is 16.6. The van der Waals surface area contributed by atoms with Crippen molar-refractivity contribution in [2.45, 2.75) is 25.5 Å². The Hall–Kier alpha value is -3.98. The van der Waals surface area contributed by atoms with Crippen molar-refractivity contribution in [3.63, 3.8) is 0 Å². The Bertz CT molecular complexity index is 1590. The number of hydrogen-bond donors (Lipinski definition) is 2. The van der Waals surface area contributed by atoms with Crippen molar-refractivity contribution in [1.29, 1.82) is 0 Å². The predicted molar refractivity (Wildman–Crippen MR) is 131 cm³/mol. The number of benzene rings is 2. The number of aromatic nitrogens is 3. The van der Waals surface area contributed by atoms with Gasteiger partial charge in [0.15, 0.2) is 11.5 Å². The van der Waals surface area contributed by atoms with Crippen LogP contribution in [0.25, 0.3) is 22.2 Å². The van der Waals surface area contributed by atoms with E-state index >= 15 is 0 Å². The molecule has 182 valence electrons. The molecule has 1 aliphatic heterocycles. The molecule has 1 aliphatic rings. The van der Waals surface area contributed by atoms with Gasteiger partial charge in [-0.15, -0.1) is 0 Å². The number of aryl methyl sites for hydroxylation is 1. The Morgan fingerprint density at radius 1 is 1.00 bits per heavy atom. The normalized spacial score (nSPS) is 16.9. The molecule has 0 saturated heterocycles. The van der Waals surface area contributed by atoms with Gasteiger partial charge in [0, 0.05) is 14.1 Å². The summed E-state index contributed by atoms with van der Waals surface area (Å²) in [6.07, 6.45) is -0.693. The molecule has 5 rings (SSSR count). The van der Waals surface area contributed by atoms with E-state index in [-0.39, 0.29) is 11.5 Å². The average Bonchev–Trinajstić information content (AvgIpc) is 3.21. The minimum Gasteiger partial charge on any atom is -0.504 e. The fourth-order valence-corrected chi connectivity index (χ4v) is 4.98. The third-order valence-electron chi connectivity index (χ3n) is 6.73. The van der Waals surface area contributed by atoms with Gasteiger partial charge in [0.2, 0.25) is 0 Å². The molecule has 9 nitrogen and oxygen atoms in total. The minimum atomic E-state index is -0.693. The van der Waals surface area contributed by atoms with Crippen molar-refractivity contribution in [1.82, 2.24) is 13.7 Å². The number of methoxy groups -OCH3 is 1. The van der Waals surface area contributed by atoms with E-state index < -0.39 is 22.9 Å². The van der Waals surface area contributed by atoms with Gasteiger partial charge in [0.1, 0.15) is 11.9 Å². The highest BCUT2D eigenvalue weighted by Crippen LogP contribution is 2.46. The number of fused-ring (bicyclic) bond motifs is 3. The Balaban J connectivity index is 1.97. The number of ether oxygens (including phenoxy) is 2. The number of nitrogens with zero attached hydrogens (tertiary/aromatic N) is 3. The maximum absolute atomic E-state index is 13.6. The van der Waals surface area contributed by atoms with Crippen molar-refractivity contribution in [2.24, 2.45) is 14.1 Å². The summed E-state index contributed by atoms with van der Waals surface area (Å²) in [6, 6.07) is 11.9. The molecule has 0 aliphatic carbocycles. The lowest BCUT2D eigenvalue weighted by atomic mass is 9.97. The smallest absolute Gasteiger partial charge is 0.331 e. The average molecular weight is 478 g/mol. The second-order valence-corrected chi connectivity index (χ2v) is 9.48. The van der Waals surface area contributed by atoms with Crippen molar-refractivity contribution in [2.75, 3.05) is 13.7 Å². The molecule has 0 radical (unpaired) electrons. The van der Waals surface area contributed by atoms with E-state index in [4.69, 9.17) is 9.47 Å². The maximum Gasteiger partial charge on any atom is 0.331 e. The number of hydrogen-bond acceptors (Lipinski definition) is 6. The molecule has 4 aromatic rings. The molecule has 2 N–H and O–H groups in total. The van der Waals surface area contributed by atoms with Crippen LogP contribution in [-0.2, 0) is 24.4 Å². The van der Waals surface area contributed by atoms with Crippen LogP contribution in [0.2, 0.25) is 0 Å². The summed E-state index contributed by atoms with van der Waals surface area (Å²) in [5.74, 6) is 0.160. The second kappa shape index (κ2) is 7.78. The van der Waals surface area contributed by atoms with Crippen molar-refractivity contribution >= 4 is 10.9 Å². The van der Waals surface area contributed by atoms with E-state index in [0.717, 1.165) is 10.1 Å². The van der Waals surface area contributed by atoms with Crippen LogP contribution in [0, 0.1) is 0 Å². The van der Waals surface area contributed by atoms with Crippen LogP contribution >= 0.6 is 0 Å². The van der Waals surface area contributed by atoms with Crippen LogP contribution in [0.1, 0.15) is 31.2 Å². The number of phenolic OH excluding ortho intramolecular Hbond substituents is 2. The van der Waals surface area contributed by atoms with Gasteiger partial charge in [0.05, 0.1) is 41.5 Å². The molecule has 0 saturated carbocycles. The summed E-state index contributed by atoms with van der Waals surface area (Å²) in [4.78, 5) is 26.6. The maximum atomic E-state index is 13.6. The number of rotatable bonds is 3. The minimum absolute atomic E-state index is 0.245. The first-order valence-electron chi connectivity index (χ1n) is 11.2. The number of aromatic hydroxyl groups is 2. The Kier molecular flexibility index (Phi) is 5.06. The Labute approximate surface area is 201 Å². The molecular weight excluding hydrogens is 450 g/mol. The van der Waals surface area contributed by atoms with E-state index in [9.17, 15) is 19.8 Å². The Morgan fingerprint density at radius 2 is 1.69 bits per heavy atom. The summed E-state index contributed by atoms with van der Waals surface area (Å²) >= 11 is 0. The molecule has 0 unspecified atom stereocenters. The van der Waals surface area contributed by atoms with E-state index in [1.54, 1.807) is 20.2 Å². The van der Waals surface area contributed by atoms with Gasteiger partial charge in [-0.2, -0.15) is 0 Å². The van der Waals surface area contributed by atoms with Crippen LogP contribution < -0.4 is 16.0 Å². The fraction of sp³-hybridized carbons (Fsp3) is 0.308. The first kappa shape index (κ1) is 22.8. The SMILES string of the molecule is COc1ccc(-c2c3c(=O)n(C)c(=O)n(C)c3c3n2C(C)(C)CO[C@H]3c2ccc(O)c(O)c2)cc1. The molecule has 35 heavy (non-hydrogen) atoms. The van der Waals surface area contributed by atoms with E-state index in [0.29, 0.717) is 40.2 Å². The van der Waals surface area contributed by atoms with Crippen LogP contribution in [0.15, 0.2) is 52.1 Å². The zero-order valence-corrected chi connectivity index (χ0v) is 20.2. The van der Waals surface area contributed by atoms with Crippen LogP contribution in [0.5, 0.6) is 17.2 Å². The molecule has 1 atom stereocenters. The van der Waals surface area contributed by atoms with Gasteiger partial charge in [-0.1, -0.05) is 6.07 Å². The summed E-state index contributed by atoms with van der Waals surface area (Å²) in [5, 5.41) is 20.4. The third kappa shape index (κ3) is 3.26. The zero-order valence-electron chi connectivity index (χ0n) is 20.2. The fourth-order valence-electron chi connectivity index (χ4n) is 4.98. The summed E-state index contributed by atoms with van der Waals surface area (Å²) in [5.41, 5.74) is 1.73. The highest BCUT2D eigenvalue weighted by atomic mass is 16.5. The van der Waals surface area contributed by atoms with Gasteiger partial charge in [0.25, 0.3) is 5.56 Å². The molecule has 0 fully saturated rings. The lowest BCUT2D eigenvalue weighted by Crippen LogP contribution is -2.40. The lowest BCUT2D eigenvalue weighted by Gasteiger charge is -2.39. The van der Waals surface area contributed by atoms with Crippen molar-refractivity contribution in [3.05, 3.63) is 74.6 Å². The highest BCUT2D eigenvalue weighted by Gasteiger charge is 2.40. The highest BCUT2D eigenvalue weighted by molar-refractivity contribution is 5.97. The van der Waals surface area contributed by atoms with Gasteiger partial charge in [-0.25, -0.2) is 4.79 Å². The van der Waals surface area contributed by atoms with E-state index in [1.165, 1.54) is 23.7 Å². The Morgan fingerprint density at radius 3 is 2.31 bits per heavy atom. The molecular formula is C26H27N3O6. The van der Waals surface area contributed by atoms with Gasteiger partial charge >= 0.3 is 5.69 Å². The lowest BCUT2D eigenvalue weighted by molar-refractivity contribution is -0.00716. The van der Waals surface area contributed by atoms with E-state index in [1.807, 2.05) is 38.1 Å². The third-order valence-corrected chi connectivity index (χ3v) is 6.73. The van der Waals surface area contributed by atoms with Crippen molar-refractivity contribution in [3.8, 4) is 28.5 Å². The van der Waals surface area contributed by atoms with Crippen LogP contribution in [0.3, 0.4) is 0 Å². The first-order valence-corrected chi connectivity index (χ1v) is 11.2. The standard InChI is InChI=1S/C26H27N3O6/c1-26(2)13-35-23(15-8-11-17(30)18(31)12-15)22-21-19(24(32)28(4)25(33)27(21)3)20(29(22)26)14-6-9-16(34-5)10-7-14/h6-12,23,30-31H,13H2,1-5H3/t23-/m0/s1. The predicted octanol–water partition coefficient (Wildman–Crippen LogP) is 2.98. The quantitative estimate of drug-likeness (QED) is 0.439. The number of phenols is 2. The second-order valence-electron chi connectivity index (χ2n) is 9.48. The molecule has 0 spiro atoms. The topological polar surface area (TPSA) is 108 Å². The molecule has 9 heteroatoms. The van der Waals surface area contributed by atoms with Crippen LogP contribution in [-0.4, -0.2) is 37.6 Å². The van der Waals surface area contributed by atoms with Gasteiger partial charge in [-0.05, 0) is 61.4 Å². The van der Waals surface area contributed by atoms with E-state index in [2.05, 4.69) is 4.57 Å². The largest absolute Gasteiger partial charge is 0.504 e. The van der Waals surface area contributed by atoms with Crippen molar-refractivity contribution < 1.29 is 19.7 Å². The molecule has 0 amide bonds. The summed E-state index contributed by atoms with van der Waals surface area (Å²) < 4.78 is 16.3. The summed E-state index contributed by atoms with van der Waals surface area (Å²) in [7, 11) is 4.69. The molecule has 0 bridgehead atoms. The van der Waals surface area contributed by atoms with Crippen LogP contribution in [0.4, 0.5) is 0 Å². The molecule has 2 aromatic carbocycles.